The third kappa shape index (κ3) is 4.33. The summed E-state index contributed by atoms with van der Waals surface area (Å²) in [5.41, 5.74) is 4.63. The molecule has 31 heavy (non-hydrogen) atoms. The first kappa shape index (κ1) is 21.1. The maximum atomic E-state index is 5.48. The van der Waals surface area contributed by atoms with E-state index in [0.717, 1.165) is 28.8 Å². The van der Waals surface area contributed by atoms with Crippen molar-refractivity contribution in [3.05, 3.63) is 64.0 Å². The third-order valence-electron chi connectivity index (χ3n) is 5.25. The van der Waals surface area contributed by atoms with Crippen LogP contribution in [0.1, 0.15) is 16.1 Å². The lowest BCUT2D eigenvalue weighted by Crippen LogP contribution is -2.06. The molecule has 2 aromatic heterocycles. The highest BCUT2D eigenvalue weighted by Gasteiger charge is 2.13. The van der Waals surface area contributed by atoms with Crippen LogP contribution in [0.3, 0.4) is 0 Å². The van der Waals surface area contributed by atoms with Crippen molar-refractivity contribution >= 4 is 27.9 Å². The maximum absolute atomic E-state index is 5.48. The molecule has 0 radical (unpaired) electrons. The minimum Gasteiger partial charge on any atom is -0.493 e. The van der Waals surface area contributed by atoms with Crippen LogP contribution in [0.2, 0.25) is 0 Å². The molecule has 2 heterocycles. The smallest absolute Gasteiger partial charge is 0.161 e. The number of hydrogen-bond acceptors (Lipinski definition) is 7. The Balaban J connectivity index is 1.60. The molecule has 7 heteroatoms. The van der Waals surface area contributed by atoms with Gasteiger partial charge >= 0.3 is 0 Å². The topological polar surface area (TPSA) is 68.3 Å². The van der Waals surface area contributed by atoms with Crippen molar-refractivity contribution < 1.29 is 9.47 Å². The van der Waals surface area contributed by atoms with Gasteiger partial charge in [0.25, 0.3) is 0 Å². The van der Waals surface area contributed by atoms with Crippen molar-refractivity contribution in [2.75, 3.05) is 26.6 Å². The molecule has 0 spiro atoms. The van der Waals surface area contributed by atoms with E-state index in [1.54, 1.807) is 25.6 Å². The minimum absolute atomic E-state index is 0.667. The van der Waals surface area contributed by atoms with Crippen molar-refractivity contribution in [3.8, 4) is 22.6 Å². The molecule has 6 nitrogen and oxygen atoms in total. The summed E-state index contributed by atoms with van der Waals surface area (Å²) in [6.45, 7) is 3.45. The summed E-state index contributed by atoms with van der Waals surface area (Å²) in [5.74, 6) is 2.08. The van der Waals surface area contributed by atoms with Gasteiger partial charge in [-0.05, 0) is 54.2 Å². The molecule has 2 N–H and O–H groups in total. The van der Waals surface area contributed by atoms with E-state index in [4.69, 9.17) is 9.47 Å². The second-order valence-corrected chi connectivity index (χ2v) is 8.23. The van der Waals surface area contributed by atoms with Gasteiger partial charge < -0.3 is 20.1 Å². The molecule has 0 aliphatic carbocycles. The molecule has 0 aliphatic rings. The van der Waals surface area contributed by atoms with Crippen molar-refractivity contribution in [3.63, 3.8) is 0 Å². The molecular weight excluding hydrogens is 408 g/mol. The van der Waals surface area contributed by atoms with Gasteiger partial charge in [0.15, 0.2) is 17.3 Å². The predicted octanol–water partition coefficient (Wildman–Crippen LogP) is 5.02. The summed E-state index contributed by atoms with van der Waals surface area (Å²) in [5, 5.41) is 19.6. The Kier molecular flexibility index (Phi) is 6.34. The highest BCUT2D eigenvalue weighted by molar-refractivity contribution is 7.10. The summed E-state index contributed by atoms with van der Waals surface area (Å²) in [6.07, 6.45) is 0. The van der Waals surface area contributed by atoms with Crippen LogP contribution in [-0.4, -0.2) is 31.5 Å². The molecule has 0 amide bonds. The molecule has 2 aromatic carbocycles. The molecule has 0 unspecified atom stereocenters. The number of anilines is 1. The highest BCUT2D eigenvalue weighted by Crippen LogP contribution is 2.36. The van der Waals surface area contributed by atoms with Gasteiger partial charge in [-0.3, -0.25) is 0 Å². The Labute approximate surface area is 186 Å². The summed E-state index contributed by atoms with van der Waals surface area (Å²) >= 11 is 1.74. The van der Waals surface area contributed by atoms with E-state index in [-0.39, 0.29) is 0 Å². The van der Waals surface area contributed by atoms with Gasteiger partial charge in [0.05, 0.1) is 26.5 Å². The molecule has 4 aromatic rings. The first-order valence-electron chi connectivity index (χ1n) is 10.1. The first-order valence-corrected chi connectivity index (χ1v) is 11.0. The summed E-state index contributed by atoms with van der Waals surface area (Å²) in [7, 11) is 5.24. The quantitative estimate of drug-likeness (QED) is 0.406. The standard InChI is InChI=1S/C24H26N4O2S/c1-15-20-10-22(29-3)23(30-4)11-21(20)24(28-27-15)26-13-18-9-17(14-31-18)19-8-6-5-7-16(19)12-25-2/h5-11,14,25H,12-13H2,1-4H3,(H,26,28). The van der Waals surface area contributed by atoms with E-state index < -0.39 is 0 Å². The van der Waals surface area contributed by atoms with Crippen LogP contribution < -0.4 is 20.1 Å². The number of hydrogen-bond donors (Lipinski definition) is 2. The van der Waals surface area contributed by atoms with E-state index >= 15 is 0 Å². The van der Waals surface area contributed by atoms with Crippen molar-refractivity contribution in [2.24, 2.45) is 0 Å². The van der Waals surface area contributed by atoms with Gasteiger partial charge in [0, 0.05) is 22.2 Å². The highest BCUT2D eigenvalue weighted by atomic mass is 32.1. The van der Waals surface area contributed by atoms with E-state index in [2.05, 4.69) is 56.5 Å². The Morgan fingerprint density at radius 1 is 0.935 bits per heavy atom. The second kappa shape index (κ2) is 9.32. The fraction of sp³-hybridized carbons (Fsp3) is 0.250. The summed E-state index contributed by atoms with van der Waals surface area (Å²) < 4.78 is 10.9. The first-order chi connectivity index (χ1) is 15.1. The molecule has 160 valence electrons. The summed E-state index contributed by atoms with van der Waals surface area (Å²) in [6, 6.07) is 14.6. The van der Waals surface area contributed by atoms with Gasteiger partial charge in [0.2, 0.25) is 0 Å². The van der Waals surface area contributed by atoms with E-state index in [1.165, 1.54) is 21.6 Å². The van der Waals surface area contributed by atoms with Crippen molar-refractivity contribution in [1.29, 1.82) is 0 Å². The lowest BCUT2D eigenvalue weighted by atomic mass is 10.0. The average Bonchev–Trinajstić information content (AvgIpc) is 3.27. The van der Waals surface area contributed by atoms with Gasteiger partial charge in [-0.2, -0.15) is 5.10 Å². The number of ether oxygens (including phenoxy) is 2. The molecule has 0 bridgehead atoms. The Hall–Kier alpha value is -3.16. The Bertz CT molecular complexity index is 1210. The number of benzene rings is 2. The van der Waals surface area contributed by atoms with Crippen LogP contribution in [0.5, 0.6) is 11.5 Å². The third-order valence-corrected chi connectivity index (χ3v) is 6.18. The second-order valence-electron chi connectivity index (χ2n) is 7.23. The molecular formula is C24H26N4O2S. The monoisotopic (exact) mass is 434 g/mol. The average molecular weight is 435 g/mol. The molecule has 0 fully saturated rings. The number of nitrogens with one attached hydrogen (secondary N) is 2. The SMILES string of the molecule is CNCc1ccccc1-c1csc(CNc2nnc(C)c3cc(OC)c(OC)cc23)c1. The zero-order valence-corrected chi connectivity index (χ0v) is 19.0. The predicted molar refractivity (Wildman–Crippen MR) is 127 cm³/mol. The van der Waals surface area contributed by atoms with E-state index in [1.807, 2.05) is 26.1 Å². The largest absolute Gasteiger partial charge is 0.493 e. The van der Waals surface area contributed by atoms with Gasteiger partial charge in [0.1, 0.15) is 0 Å². The van der Waals surface area contributed by atoms with E-state index in [9.17, 15) is 0 Å². The van der Waals surface area contributed by atoms with Crippen LogP contribution in [0.25, 0.3) is 21.9 Å². The normalized spacial score (nSPS) is 11.0. The van der Waals surface area contributed by atoms with Crippen LogP contribution in [0.4, 0.5) is 5.82 Å². The Morgan fingerprint density at radius 3 is 2.42 bits per heavy atom. The fourth-order valence-corrected chi connectivity index (χ4v) is 4.49. The number of fused-ring (bicyclic) bond motifs is 1. The number of aromatic nitrogens is 2. The van der Waals surface area contributed by atoms with Gasteiger partial charge in [-0.25, -0.2) is 0 Å². The summed E-state index contributed by atoms with van der Waals surface area (Å²) in [4.78, 5) is 1.23. The number of aryl methyl sites for hydroxylation is 1. The maximum Gasteiger partial charge on any atom is 0.161 e. The molecule has 0 aliphatic heterocycles. The van der Waals surface area contributed by atoms with Crippen LogP contribution >= 0.6 is 11.3 Å². The van der Waals surface area contributed by atoms with Crippen LogP contribution in [0, 0.1) is 6.92 Å². The van der Waals surface area contributed by atoms with Gasteiger partial charge in [-0.15, -0.1) is 16.4 Å². The zero-order valence-electron chi connectivity index (χ0n) is 18.2. The fourth-order valence-electron chi connectivity index (χ4n) is 3.67. The van der Waals surface area contributed by atoms with E-state index in [0.29, 0.717) is 18.0 Å². The van der Waals surface area contributed by atoms with Crippen LogP contribution in [0.15, 0.2) is 47.8 Å². The zero-order chi connectivity index (χ0) is 21.8. The number of methoxy groups -OCH3 is 2. The minimum atomic E-state index is 0.667. The number of rotatable bonds is 8. The lowest BCUT2D eigenvalue weighted by Gasteiger charge is -2.13. The number of thiophene rings is 1. The Morgan fingerprint density at radius 2 is 1.68 bits per heavy atom. The van der Waals surface area contributed by atoms with Gasteiger partial charge in [-0.1, -0.05) is 24.3 Å². The van der Waals surface area contributed by atoms with Crippen molar-refractivity contribution in [2.45, 2.75) is 20.0 Å². The molecule has 4 rings (SSSR count). The lowest BCUT2D eigenvalue weighted by molar-refractivity contribution is 0.356. The molecule has 0 saturated heterocycles. The van der Waals surface area contributed by atoms with Crippen molar-refractivity contribution in [1.82, 2.24) is 15.5 Å². The molecule has 0 saturated carbocycles. The molecule has 0 atom stereocenters. The van der Waals surface area contributed by atoms with Crippen LogP contribution in [-0.2, 0) is 13.1 Å². The number of nitrogens with zero attached hydrogens (tertiary/aromatic N) is 2.